The Balaban J connectivity index is 3.24. The summed E-state index contributed by atoms with van der Waals surface area (Å²) in [5.74, 6) is 0. The summed E-state index contributed by atoms with van der Waals surface area (Å²) in [4.78, 5) is 0. The molecule has 1 unspecified atom stereocenters. The number of rotatable bonds is 10. The van der Waals surface area contributed by atoms with E-state index >= 15 is 0 Å². The first-order chi connectivity index (χ1) is 6.85. The lowest BCUT2D eigenvalue weighted by molar-refractivity contribution is 0.233. The molecule has 14 heavy (non-hydrogen) atoms. The molecule has 0 aliphatic rings. The number of hydrogen-bond donors (Lipinski definition) is 2. The van der Waals surface area contributed by atoms with E-state index in [0.29, 0.717) is 6.04 Å². The topological polar surface area (TPSA) is 32.3 Å². The van der Waals surface area contributed by atoms with Crippen LogP contribution in [-0.4, -0.2) is 24.3 Å². The molecule has 0 spiro atoms. The molecule has 0 aromatic rings. The second kappa shape index (κ2) is 11.0. The van der Waals surface area contributed by atoms with Crippen LogP contribution in [0.3, 0.4) is 0 Å². The summed E-state index contributed by atoms with van der Waals surface area (Å²) < 4.78 is 0. The van der Waals surface area contributed by atoms with Gasteiger partial charge in [-0.25, -0.2) is 0 Å². The zero-order chi connectivity index (χ0) is 10.6. The van der Waals surface area contributed by atoms with Crippen molar-refractivity contribution in [3.05, 3.63) is 0 Å². The van der Waals surface area contributed by atoms with Gasteiger partial charge in [-0.05, 0) is 19.4 Å². The van der Waals surface area contributed by atoms with Crippen molar-refractivity contribution in [1.82, 2.24) is 5.32 Å². The van der Waals surface area contributed by atoms with Gasteiger partial charge in [-0.3, -0.25) is 0 Å². The van der Waals surface area contributed by atoms with Crippen LogP contribution in [0.5, 0.6) is 0 Å². The fourth-order valence-corrected chi connectivity index (χ4v) is 1.57. The molecule has 0 radical (unpaired) electrons. The Hall–Kier alpha value is -0.0800. The van der Waals surface area contributed by atoms with Gasteiger partial charge in [0.2, 0.25) is 0 Å². The van der Waals surface area contributed by atoms with Crippen LogP contribution in [0.2, 0.25) is 0 Å². The number of unbranched alkanes of at least 4 members (excludes halogenated alkanes) is 4. The average molecular weight is 201 g/mol. The Morgan fingerprint density at radius 1 is 1.00 bits per heavy atom. The van der Waals surface area contributed by atoms with Gasteiger partial charge in [0.25, 0.3) is 0 Å². The molecule has 1 atom stereocenters. The molecular formula is C12H27NO. The number of aliphatic hydroxyl groups is 1. The summed E-state index contributed by atoms with van der Waals surface area (Å²) in [5.41, 5.74) is 0. The molecule has 0 aromatic carbocycles. The van der Waals surface area contributed by atoms with Crippen LogP contribution in [0.15, 0.2) is 0 Å². The Bertz CT molecular complexity index is 106. The first kappa shape index (κ1) is 13.9. The largest absolute Gasteiger partial charge is 0.395 e. The van der Waals surface area contributed by atoms with Crippen LogP contribution >= 0.6 is 0 Å². The van der Waals surface area contributed by atoms with E-state index in [4.69, 9.17) is 5.11 Å². The van der Waals surface area contributed by atoms with Crippen LogP contribution in [0.1, 0.15) is 58.8 Å². The number of aliphatic hydroxyl groups excluding tert-OH is 1. The normalized spacial score (nSPS) is 13.1. The SMILES string of the molecule is CCCCCCNC(CO)CCCC. The predicted octanol–water partition coefficient (Wildman–Crippen LogP) is 2.71. The van der Waals surface area contributed by atoms with Crippen molar-refractivity contribution in [3.63, 3.8) is 0 Å². The number of hydrogen-bond acceptors (Lipinski definition) is 2. The first-order valence-corrected chi connectivity index (χ1v) is 6.19. The molecule has 0 aliphatic carbocycles. The first-order valence-electron chi connectivity index (χ1n) is 6.19. The zero-order valence-corrected chi connectivity index (χ0v) is 9.89. The van der Waals surface area contributed by atoms with Gasteiger partial charge < -0.3 is 10.4 Å². The highest BCUT2D eigenvalue weighted by atomic mass is 16.3. The van der Waals surface area contributed by atoms with Crippen LogP contribution in [0.25, 0.3) is 0 Å². The van der Waals surface area contributed by atoms with Gasteiger partial charge in [-0.1, -0.05) is 46.0 Å². The fraction of sp³-hybridized carbons (Fsp3) is 1.00. The molecule has 2 heteroatoms. The van der Waals surface area contributed by atoms with E-state index < -0.39 is 0 Å². The molecule has 0 aliphatic heterocycles. The van der Waals surface area contributed by atoms with Gasteiger partial charge in [0.15, 0.2) is 0 Å². The van der Waals surface area contributed by atoms with E-state index in [0.717, 1.165) is 13.0 Å². The molecule has 2 nitrogen and oxygen atoms in total. The van der Waals surface area contributed by atoms with Gasteiger partial charge >= 0.3 is 0 Å². The lowest BCUT2D eigenvalue weighted by Gasteiger charge is -2.15. The summed E-state index contributed by atoms with van der Waals surface area (Å²) in [6, 6.07) is 0.330. The predicted molar refractivity (Wildman–Crippen MR) is 62.5 cm³/mol. The molecular weight excluding hydrogens is 174 g/mol. The highest BCUT2D eigenvalue weighted by Gasteiger charge is 2.04. The Morgan fingerprint density at radius 3 is 2.29 bits per heavy atom. The van der Waals surface area contributed by atoms with E-state index in [1.165, 1.54) is 38.5 Å². The maximum absolute atomic E-state index is 9.09. The molecule has 0 amide bonds. The highest BCUT2D eigenvalue weighted by Crippen LogP contribution is 2.01. The molecule has 0 saturated heterocycles. The summed E-state index contributed by atoms with van der Waals surface area (Å²) in [6.45, 7) is 5.77. The van der Waals surface area contributed by atoms with E-state index in [1.807, 2.05) is 0 Å². The van der Waals surface area contributed by atoms with Gasteiger partial charge in [0, 0.05) is 6.04 Å². The summed E-state index contributed by atoms with van der Waals surface area (Å²) >= 11 is 0. The van der Waals surface area contributed by atoms with Gasteiger partial charge in [0.05, 0.1) is 6.61 Å². The Morgan fingerprint density at radius 2 is 1.71 bits per heavy atom. The van der Waals surface area contributed by atoms with Crippen molar-refractivity contribution < 1.29 is 5.11 Å². The molecule has 0 fully saturated rings. The number of nitrogens with one attached hydrogen (secondary N) is 1. The third-order valence-electron chi connectivity index (χ3n) is 2.59. The summed E-state index contributed by atoms with van der Waals surface area (Å²) in [5, 5.41) is 12.5. The van der Waals surface area contributed by atoms with E-state index in [1.54, 1.807) is 0 Å². The van der Waals surface area contributed by atoms with Crippen molar-refractivity contribution in [2.24, 2.45) is 0 Å². The average Bonchev–Trinajstić information content (AvgIpc) is 2.22. The van der Waals surface area contributed by atoms with E-state index in [-0.39, 0.29) is 6.61 Å². The summed E-state index contributed by atoms with van der Waals surface area (Å²) in [7, 11) is 0. The molecule has 0 heterocycles. The molecule has 0 rings (SSSR count). The van der Waals surface area contributed by atoms with E-state index in [2.05, 4.69) is 19.2 Å². The lowest BCUT2D eigenvalue weighted by Crippen LogP contribution is -2.33. The third-order valence-corrected chi connectivity index (χ3v) is 2.59. The quantitative estimate of drug-likeness (QED) is 0.533. The van der Waals surface area contributed by atoms with Crippen molar-refractivity contribution >= 4 is 0 Å². The van der Waals surface area contributed by atoms with Gasteiger partial charge in [0.1, 0.15) is 0 Å². The van der Waals surface area contributed by atoms with Crippen LogP contribution in [-0.2, 0) is 0 Å². The molecule has 0 saturated carbocycles. The maximum Gasteiger partial charge on any atom is 0.0584 e. The Labute approximate surface area is 89.1 Å². The monoisotopic (exact) mass is 201 g/mol. The fourth-order valence-electron chi connectivity index (χ4n) is 1.57. The van der Waals surface area contributed by atoms with Crippen LogP contribution in [0, 0.1) is 0 Å². The highest BCUT2D eigenvalue weighted by molar-refractivity contribution is 4.64. The van der Waals surface area contributed by atoms with Gasteiger partial charge in [-0.2, -0.15) is 0 Å². The smallest absolute Gasteiger partial charge is 0.0584 e. The van der Waals surface area contributed by atoms with E-state index in [9.17, 15) is 0 Å². The lowest BCUT2D eigenvalue weighted by atomic mass is 10.1. The maximum atomic E-state index is 9.09. The zero-order valence-electron chi connectivity index (χ0n) is 9.89. The minimum atomic E-state index is 0.285. The minimum Gasteiger partial charge on any atom is -0.395 e. The minimum absolute atomic E-state index is 0.285. The van der Waals surface area contributed by atoms with Gasteiger partial charge in [-0.15, -0.1) is 0 Å². The standard InChI is InChI=1S/C12H27NO/c1-3-5-7-8-10-13-12(11-14)9-6-4-2/h12-14H,3-11H2,1-2H3. The van der Waals surface area contributed by atoms with Crippen molar-refractivity contribution in [2.75, 3.05) is 13.2 Å². The second-order valence-corrected chi connectivity index (χ2v) is 4.04. The molecule has 2 N–H and O–H groups in total. The van der Waals surface area contributed by atoms with Crippen molar-refractivity contribution in [3.8, 4) is 0 Å². The third kappa shape index (κ3) is 8.52. The Kier molecular flexibility index (Phi) is 10.9. The van der Waals surface area contributed by atoms with Crippen molar-refractivity contribution in [2.45, 2.75) is 64.8 Å². The molecule has 0 aromatic heterocycles. The van der Waals surface area contributed by atoms with Crippen molar-refractivity contribution in [1.29, 1.82) is 0 Å². The molecule has 86 valence electrons. The second-order valence-electron chi connectivity index (χ2n) is 4.04. The summed E-state index contributed by atoms with van der Waals surface area (Å²) in [6.07, 6.45) is 8.73. The van der Waals surface area contributed by atoms with Crippen LogP contribution < -0.4 is 5.32 Å². The van der Waals surface area contributed by atoms with Crippen LogP contribution in [0.4, 0.5) is 0 Å². The molecule has 0 bridgehead atoms.